The summed E-state index contributed by atoms with van der Waals surface area (Å²) >= 11 is 2.27. The van der Waals surface area contributed by atoms with Gasteiger partial charge < -0.3 is 19.4 Å². The second-order valence-electron chi connectivity index (χ2n) is 5.71. The van der Waals surface area contributed by atoms with Crippen molar-refractivity contribution >= 4 is 28.5 Å². The van der Waals surface area contributed by atoms with Gasteiger partial charge in [0.2, 0.25) is 0 Å². The highest BCUT2D eigenvalue weighted by Gasteiger charge is 2.15. The molecule has 0 radical (unpaired) electrons. The van der Waals surface area contributed by atoms with Gasteiger partial charge in [-0.3, -0.25) is 4.79 Å². The molecule has 0 aliphatic carbocycles. The van der Waals surface area contributed by atoms with Crippen LogP contribution in [0.25, 0.3) is 5.69 Å². The lowest BCUT2D eigenvalue weighted by Gasteiger charge is -2.12. The van der Waals surface area contributed by atoms with Gasteiger partial charge in [-0.15, -0.1) is 0 Å². The summed E-state index contributed by atoms with van der Waals surface area (Å²) in [6.07, 6.45) is 4.29. The zero-order chi connectivity index (χ0) is 16.8. The van der Waals surface area contributed by atoms with Crippen LogP contribution >= 0.6 is 22.6 Å². The van der Waals surface area contributed by atoms with Gasteiger partial charge in [-0.2, -0.15) is 0 Å². The maximum atomic E-state index is 12.4. The first-order valence-electron chi connectivity index (χ1n) is 8.15. The Bertz CT molecular complexity index is 680. The van der Waals surface area contributed by atoms with E-state index >= 15 is 0 Å². The Morgan fingerprint density at radius 1 is 1.38 bits per heavy atom. The minimum Gasteiger partial charge on any atom is -0.377 e. The van der Waals surface area contributed by atoms with E-state index in [1.807, 2.05) is 47.2 Å². The largest absolute Gasteiger partial charge is 0.377 e. The van der Waals surface area contributed by atoms with Gasteiger partial charge in [0.25, 0.3) is 5.91 Å². The van der Waals surface area contributed by atoms with E-state index in [-0.39, 0.29) is 12.0 Å². The topological polar surface area (TPSA) is 52.5 Å². The zero-order valence-electron chi connectivity index (χ0n) is 13.4. The highest BCUT2D eigenvalue weighted by molar-refractivity contribution is 14.1. The molecule has 5 nitrogen and oxygen atoms in total. The summed E-state index contributed by atoms with van der Waals surface area (Å²) in [5.74, 6) is -0.0976. The van der Waals surface area contributed by atoms with E-state index in [1.165, 1.54) is 0 Å². The summed E-state index contributed by atoms with van der Waals surface area (Å²) in [4.78, 5) is 12.4. The number of hydrogen-bond donors (Lipinski definition) is 1. The molecule has 0 saturated carbocycles. The molecular weight excluding hydrogens is 419 g/mol. The summed E-state index contributed by atoms with van der Waals surface area (Å²) in [5.41, 5.74) is 1.60. The van der Waals surface area contributed by atoms with E-state index in [4.69, 9.17) is 9.47 Å². The Morgan fingerprint density at radius 3 is 3.08 bits per heavy atom. The molecular formula is C18H21IN2O3. The molecule has 1 aromatic heterocycles. The number of nitrogens with zero attached hydrogens (tertiary/aromatic N) is 1. The number of benzene rings is 1. The van der Waals surface area contributed by atoms with Crippen molar-refractivity contribution in [1.82, 2.24) is 9.88 Å². The van der Waals surface area contributed by atoms with E-state index in [2.05, 4.69) is 27.9 Å². The van der Waals surface area contributed by atoms with Crippen LogP contribution in [0.2, 0.25) is 0 Å². The lowest BCUT2D eigenvalue weighted by atomic mass is 10.2. The normalized spacial score (nSPS) is 17.1. The van der Waals surface area contributed by atoms with Crippen LogP contribution in [0, 0.1) is 3.57 Å². The molecule has 1 aliphatic heterocycles. The Hall–Kier alpha value is -1.38. The first-order valence-corrected chi connectivity index (χ1v) is 9.23. The number of ether oxygens (including phenoxy) is 2. The van der Waals surface area contributed by atoms with Crippen LogP contribution in [-0.2, 0) is 9.47 Å². The summed E-state index contributed by atoms with van der Waals surface area (Å²) in [7, 11) is 0. The first kappa shape index (κ1) is 17.4. The molecule has 1 N–H and O–H groups in total. The Labute approximate surface area is 155 Å². The SMILES string of the molecule is O=C(NCCOCC1CCCO1)c1cccn1-c1cccc(I)c1. The fraction of sp³-hybridized carbons (Fsp3) is 0.389. The fourth-order valence-corrected chi connectivity index (χ4v) is 3.26. The predicted molar refractivity (Wildman–Crippen MR) is 101 cm³/mol. The lowest BCUT2D eigenvalue weighted by molar-refractivity contribution is 0.0183. The van der Waals surface area contributed by atoms with Gasteiger partial charge in [0.05, 0.1) is 19.3 Å². The van der Waals surface area contributed by atoms with Gasteiger partial charge in [-0.05, 0) is 65.8 Å². The number of aromatic nitrogens is 1. The van der Waals surface area contributed by atoms with Crippen molar-refractivity contribution in [2.24, 2.45) is 0 Å². The monoisotopic (exact) mass is 440 g/mol. The molecule has 1 amide bonds. The maximum Gasteiger partial charge on any atom is 0.268 e. The van der Waals surface area contributed by atoms with Crippen LogP contribution in [0.15, 0.2) is 42.6 Å². The number of amides is 1. The molecule has 2 aromatic rings. The molecule has 1 atom stereocenters. The number of hydrogen-bond acceptors (Lipinski definition) is 3. The fourth-order valence-electron chi connectivity index (χ4n) is 2.73. The molecule has 1 aromatic carbocycles. The minimum absolute atomic E-state index is 0.0976. The van der Waals surface area contributed by atoms with Gasteiger partial charge >= 0.3 is 0 Å². The van der Waals surface area contributed by atoms with Crippen LogP contribution in [-0.4, -0.2) is 42.9 Å². The van der Waals surface area contributed by atoms with Crippen LogP contribution < -0.4 is 5.32 Å². The molecule has 24 heavy (non-hydrogen) atoms. The van der Waals surface area contributed by atoms with E-state index in [1.54, 1.807) is 0 Å². The number of halogens is 1. The molecule has 3 rings (SSSR count). The second kappa shape index (κ2) is 8.64. The average Bonchev–Trinajstić information content (AvgIpc) is 3.26. The van der Waals surface area contributed by atoms with Gasteiger partial charge in [-0.25, -0.2) is 0 Å². The van der Waals surface area contributed by atoms with Crippen molar-refractivity contribution in [3.05, 3.63) is 51.9 Å². The average molecular weight is 440 g/mol. The zero-order valence-corrected chi connectivity index (χ0v) is 15.6. The smallest absolute Gasteiger partial charge is 0.268 e. The van der Waals surface area contributed by atoms with Crippen molar-refractivity contribution in [2.75, 3.05) is 26.4 Å². The van der Waals surface area contributed by atoms with Gasteiger partial charge in [0, 0.05) is 28.6 Å². The molecule has 0 spiro atoms. The standard InChI is InChI=1S/C18H21IN2O3/c19-14-4-1-5-15(12-14)21-9-2-7-17(21)18(22)20-8-11-23-13-16-6-3-10-24-16/h1-2,4-5,7,9,12,16H,3,6,8,10-11,13H2,(H,20,22). The highest BCUT2D eigenvalue weighted by Crippen LogP contribution is 2.16. The van der Waals surface area contributed by atoms with Crippen LogP contribution in [0.1, 0.15) is 23.3 Å². The van der Waals surface area contributed by atoms with Crippen molar-refractivity contribution in [3.63, 3.8) is 0 Å². The highest BCUT2D eigenvalue weighted by atomic mass is 127. The van der Waals surface area contributed by atoms with Gasteiger partial charge in [-0.1, -0.05) is 6.07 Å². The third-order valence-corrected chi connectivity index (χ3v) is 4.60. The molecule has 1 fully saturated rings. The maximum absolute atomic E-state index is 12.4. The summed E-state index contributed by atoms with van der Waals surface area (Å²) < 4.78 is 14.1. The van der Waals surface area contributed by atoms with Crippen LogP contribution in [0.5, 0.6) is 0 Å². The first-order chi connectivity index (χ1) is 11.7. The van der Waals surface area contributed by atoms with Crippen LogP contribution in [0.4, 0.5) is 0 Å². The summed E-state index contributed by atoms with van der Waals surface area (Å²) in [5, 5.41) is 2.91. The Kier molecular flexibility index (Phi) is 6.28. The van der Waals surface area contributed by atoms with Gasteiger partial charge in [0.15, 0.2) is 0 Å². The van der Waals surface area contributed by atoms with E-state index in [9.17, 15) is 4.79 Å². The number of carbonyl (C=O) groups is 1. The van der Waals surface area contributed by atoms with Gasteiger partial charge in [0.1, 0.15) is 5.69 Å². The van der Waals surface area contributed by atoms with E-state index in [0.29, 0.717) is 25.5 Å². The Balaban J connectivity index is 1.49. The number of carbonyl (C=O) groups excluding carboxylic acids is 1. The Morgan fingerprint density at radius 2 is 2.29 bits per heavy atom. The van der Waals surface area contributed by atoms with Crippen molar-refractivity contribution in [2.45, 2.75) is 18.9 Å². The molecule has 128 valence electrons. The van der Waals surface area contributed by atoms with E-state index < -0.39 is 0 Å². The van der Waals surface area contributed by atoms with E-state index in [0.717, 1.165) is 28.7 Å². The van der Waals surface area contributed by atoms with Crippen molar-refractivity contribution in [1.29, 1.82) is 0 Å². The quantitative estimate of drug-likeness (QED) is 0.532. The molecule has 1 unspecified atom stereocenters. The molecule has 1 saturated heterocycles. The minimum atomic E-state index is -0.0976. The van der Waals surface area contributed by atoms with Crippen molar-refractivity contribution < 1.29 is 14.3 Å². The molecule has 1 aliphatic rings. The molecule has 6 heteroatoms. The third kappa shape index (κ3) is 4.58. The second-order valence-corrected chi connectivity index (χ2v) is 6.95. The molecule has 0 bridgehead atoms. The predicted octanol–water partition coefficient (Wildman–Crippen LogP) is 3.01. The number of nitrogens with one attached hydrogen (secondary N) is 1. The number of rotatable bonds is 7. The molecule has 2 heterocycles. The van der Waals surface area contributed by atoms with Crippen LogP contribution in [0.3, 0.4) is 0 Å². The third-order valence-electron chi connectivity index (χ3n) is 3.93. The van der Waals surface area contributed by atoms with Crippen molar-refractivity contribution in [3.8, 4) is 5.69 Å². The summed E-state index contributed by atoms with van der Waals surface area (Å²) in [6.45, 7) is 2.42. The lowest BCUT2D eigenvalue weighted by Crippen LogP contribution is -2.29. The summed E-state index contributed by atoms with van der Waals surface area (Å²) in [6, 6.07) is 11.7.